The smallest absolute Gasteiger partial charge is 0.319 e. The zero-order valence-corrected chi connectivity index (χ0v) is 24.9. The number of aromatic amines is 1. The van der Waals surface area contributed by atoms with E-state index in [2.05, 4.69) is 78.0 Å². The Morgan fingerprint density at radius 3 is 2.58 bits per heavy atom. The molecule has 5 rings (SSSR count). The fourth-order valence-corrected chi connectivity index (χ4v) is 5.90. The largest absolute Gasteiger partial charge is 0.339 e. The van der Waals surface area contributed by atoms with Crippen molar-refractivity contribution in [2.24, 2.45) is 0 Å². The van der Waals surface area contributed by atoms with Crippen LogP contribution in [0.1, 0.15) is 65.1 Å². The first-order valence-electron chi connectivity index (χ1n) is 13.6. The summed E-state index contributed by atoms with van der Waals surface area (Å²) in [6.07, 6.45) is 7.34. The van der Waals surface area contributed by atoms with Gasteiger partial charge in [0.1, 0.15) is 12.0 Å². The lowest BCUT2D eigenvalue weighted by molar-refractivity contribution is 0.0986. The van der Waals surface area contributed by atoms with Gasteiger partial charge in [0.05, 0.1) is 15.6 Å². The summed E-state index contributed by atoms with van der Waals surface area (Å²) in [7, 11) is 3.55. The Hall–Kier alpha value is -3.85. The maximum Gasteiger partial charge on any atom is 0.319 e. The van der Waals surface area contributed by atoms with Crippen LogP contribution in [0.25, 0.3) is 27.9 Å². The van der Waals surface area contributed by atoms with Gasteiger partial charge in [-0.1, -0.05) is 39.0 Å². The highest BCUT2D eigenvalue weighted by atomic mass is 32.1. The van der Waals surface area contributed by atoms with Crippen LogP contribution in [-0.4, -0.2) is 68.7 Å². The van der Waals surface area contributed by atoms with E-state index in [0.717, 1.165) is 55.4 Å². The number of hydrogen-bond acceptors (Lipinski definition) is 6. The number of hydrogen-bond donors (Lipinski definition) is 1. The summed E-state index contributed by atoms with van der Waals surface area (Å²) in [6.45, 7) is 9.69. The quantitative estimate of drug-likeness (QED) is 0.282. The number of benzene rings is 1. The van der Waals surface area contributed by atoms with E-state index in [0.29, 0.717) is 25.9 Å². The van der Waals surface area contributed by atoms with Crippen molar-refractivity contribution in [1.29, 1.82) is 0 Å². The number of rotatable bonds is 6. The average Bonchev–Trinajstić information content (AvgIpc) is 3.60. The Labute approximate surface area is 239 Å². The highest BCUT2D eigenvalue weighted by Crippen LogP contribution is 2.32. The van der Waals surface area contributed by atoms with Gasteiger partial charge in [-0.05, 0) is 48.6 Å². The zero-order chi connectivity index (χ0) is 28.6. The summed E-state index contributed by atoms with van der Waals surface area (Å²) in [5.41, 5.74) is 7.11. The molecule has 1 aliphatic rings. The predicted molar refractivity (Wildman–Crippen MR) is 161 cm³/mol. The molecule has 0 atom stereocenters. The number of carbonyl (C=O) groups excluding carboxylic acids is 2. The molecule has 1 N–H and O–H groups in total. The molecule has 0 fully saturated rings. The first-order chi connectivity index (χ1) is 19.0. The van der Waals surface area contributed by atoms with Crippen molar-refractivity contribution >= 4 is 39.8 Å². The monoisotopic (exact) mass is 556 g/mol. The highest BCUT2D eigenvalue weighted by Gasteiger charge is 2.22. The van der Waals surface area contributed by atoms with Gasteiger partial charge >= 0.3 is 6.03 Å². The molecule has 40 heavy (non-hydrogen) atoms. The van der Waals surface area contributed by atoms with Gasteiger partial charge in [-0.15, -0.1) is 11.3 Å². The molecule has 0 unspecified atom stereocenters. The Morgan fingerprint density at radius 1 is 1.12 bits per heavy atom. The van der Waals surface area contributed by atoms with Crippen molar-refractivity contribution < 1.29 is 9.59 Å². The number of carbonyl (C=O) groups is 2. The van der Waals surface area contributed by atoms with E-state index in [1.54, 1.807) is 31.5 Å². The van der Waals surface area contributed by atoms with Crippen LogP contribution in [0.2, 0.25) is 0 Å². The first-order valence-corrected chi connectivity index (χ1v) is 14.4. The second-order valence-electron chi connectivity index (χ2n) is 11.6. The van der Waals surface area contributed by atoms with E-state index < -0.39 is 0 Å². The maximum atomic E-state index is 12.8. The minimum Gasteiger partial charge on any atom is -0.339 e. The van der Waals surface area contributed by atoms with Gasteiger partial charge in [0.2, 0.25) is 0 Å². The van der Waals surface area contributed by atoms with E-state index in [1.165, 1.54) is 16.9 Å². The number of ketones is 1. The molecule has 9 heteroatoms. The van der Waals surface area contributed by atoms with Crippen LogP contribution in [0, 0.1) is 6.92 Å². The summed E-state index contributed by atoms with van der Waals surface area (Å²) >= 11 is 1.50. The third kappa shape index (κ3) is 5.70. The summed E-state index contributed by atoms with van der Waals surface area (Å²) < 4.78 is 0. The number of Topliss-reactive ketones (excluding diaryl/α,β-unsaturated/α-hetero) is 1. The second-order valence-corrected chi connectivity index (χ2v) is 12.6. The molecule has 0 radical (unpaired) electrons. The van der Waals surface area contributed by atoms with Gasteiger partial charge in [0.15, 0.2) is 5.78 Å². The molecule has 2 amide bonds. The minimum absolute atomic E-state index is 0.0292. The Bertz CT molecular complexity index is 1610. The molecule has 1 aromatic carbocycles. The molecule has 3 aromatic heterocycles. The van der Waals surface area contributed by atoms with E-state index in [9.17, 15) is 9.59 Å². The first kappa shape index (κ1) is 27.7. The third-order valence-electron chi connectivity index (χ3n) is 7.29. The van der Waals surface area contributed by atoms with Crippen LogP contribution >= 0.6 is 11.3 Å². The average molecular weight is 557 g/mol. The van der Waals surface area contributed by atoms with Crippen molar-refractivity contribution in [2.75, 3.05) is 27.2 Å². The van der Waals surface area contributed by atoms with Gasteiger partial charge in [-0.2, -0.15) is 0 Å². The number of nitrogens with zero attached hydrogens (tertiary/aromatic N) is 5. The summed E-state index contributed by atoms with van der Waals surface area (Å²) in [6, 6.07) is 8.47. The van der Waals surface area contributed by atoms with Crippen molar-refractivity contribution in [2.45, 2.75) is 52.4 Å². The molecule has 208 valence electrons. The number of nitrogens with one attached hydrogen (secondary N) is 1. The van der Waals surface area contributed by atoms with Crippen molar-refractivity contribution in [3.05, 3.63) is 69.6 Å². The minimum atomic E-state index is -0.0524. The number of aromatic nitrogens is 4. The van der Waals surface area contributed by atoms with Gasteiger partial charge in [-0.25, -0.2) is 19.7 Å². The number of amides is 2. The van der Waals surface area contributed by atoms with Crippen LogP contribution in [0.3, 0.4) is 0 Å². The van der Waals surface area contributed by atoms with Crippen molar-refractivity contribution in [3.8, 4) is 11.3 Å². The summed E-state index contributed by atoms with van der Waals surface area (Å²) in [4.78, 5) is 46.3. The van der Waals surface area contributed by atoms with E-state index in [-0.39, 0.29) is 17.2 Å². The normalized spacial score (nSPS) is 13.9. The number of urea groups is 1. The van der Waals surface area contributed by atoms with Gasteiger partial charge in [0, 0.05) is 61.9 Å². The predicted octanol–water partition coefficient (Wildman–Crippen LogP) is 6.27. The highest BCUT2D eigenvalue weighted by molar-refractivity contribution is 7.13. The number of fused-ring (bicyclic) bond motifs is 1. The molecular formula is C31H36N6O2S. The fraction of sp³-hybridized carbons (Fsp3) is 0.387. The number of aryl methyl sites for hydroxylation is 2. The van der Waals surface area contributed by atoms with Crippen LogP contribution in [0.15, 0.2) is 42.9 Å². The topological polar surface area (TPSA) is 95.1 Å². The van der Waals surface area contributed by atoms with Crippen molar-refractivity contribution in [3.63, 3.8) is 0 Å². The number of H-pyrrole nitrogens is 1. The summed E-state index contributed by atoms with van der Waals surface area (Å²) in [5.74, 6) is 0.139. The van der Waals surface area contributed by atoms with Crippen LogP contribution in [0.4, 0.5) is 4.79 Å². The Balaban J connectivity index is 1.32. The van der Waals surface area contributed by atoms with Crippen molar-refractivity contribution in [1.82, 2.24) is 29.7 Å². The van der Waals surface area contributed by atoms with Crippen LogP contribution < -0.4 is 0 Å². The van der Waals surface area contributed by atoms with E-state index in [1.807, 2.05) is 4.90 Å². The third-order valence-corrected chi connectivity index (χ3v) is 8.76. The molecule has 0 aliphatic carbocycles. The lowest BCUT2D eigenvalue weighted by Crippen LogP contribution is -2.41. The Morgan fingerprint density at radius 2 is 1.93 bits per heavy atom. The van der Waals surface area contributed by atoms with Crippen LogP contribution in [0.5, 0.6) is 0 Å². The van der Waals surface area contributed by atoms with Gasteiger partial charge in [-0.3, -0.25) is 4.79 Å². The van der Waals surface area contributed by atoms with Gasteiger partial charge < -0.3 is 14.8 Å². The molecule has 0 spiro atoms. The summed E-state index contributed by atoms with van der Waals surface area (Å²) in [5, 5.41) is 1.95. The molecule has 1 aliphatic heterocycles. The maximum absolute atomic E-state index is 12.8. The zero-order valence-electron chi connectivity index (χ0n) is 24.0. The molecule has 4 heterocycles. The second kappa shape index (κ2) is 11.0. The molecule has 0 saturated carbocycles. The SMILES string of the molecule is Cc1cc(-c2ncnc3[nH]c(C4=CCN(C(=O)N(C)C)CC4)cc23)ccc1CCC(=O)c1cnc(C(C)(C)C)s1. The van der Waals surface area contributed by atoms with Crippen LogP contribution in [-0.2, 0) is 11.8 Å². The molecular weight excluding hydrogens is 520 g/mol. The lowest BCUT2D eigenvalue weighted by Gasteiger charge is -2.28. The standard InChI is InChI=1S/C31H36N6O2S/c1-19-15-22(8-7-20(19)9-10-25(38)26-17-32-29(40-26)31(2,3)4)27-23-16-24(35-28(23)34-18-33-27)21-11-13-37(14-12-21)30(39)36(5)6/h7-8,11,15-18H,9-10,12-14H2,1-6H3,(H,33,34,35). The fourth-order valence-electron chi connectivity index (χ4n) is 4.96. The molecule has 0 bridgehead atoms. The molecule has 0 saturated heterocycles. The lowest BCUT2D eigenvalue weighted by atomic mass is 9.97. The van der Waals surface area contributed by atoms with E-state index in [4.69, 9.17) is 0 Å². The van der Waals surface area contributed by atoms with E-state index >= 15 is 0 Å². The molecule has 8 nitrogen and oxygen atoms in total. The number of thiazole rings is 1. The Kier molecular flexibility index (Phi) is 7.59. The van der Waals surface area contributed by atoms with Gasteiger partial charge in [0.25, 0.3) is 0 Å². The molecule has 4 aromatic rings.